The number of benzene rings is 1. The molecule has 1 N–H and O–H groups in total. The zero-order valence-electron chi connectivity index (χ0n) is 12.5. The fraction of sp³-hybridized carbons (Fsp3) is 0.467. The van der Waals surface area contributed by atoms with Gasteiger partial charge in [0.25, 0.3) is 5.91 Å². The van der Waals surface area contributed by atoms with E-state index in [0.29, 0.717) is 30.2 Å². The molecule has 1 aliphatic heterocycles. The van der Waals surface area contributed by atoms with Crippen molar-refractivity contribution in [2.24, 2.45) is 0 Å². The van der Waals surface area contributed by atoms with Gasteiger partial charge in [-0.15, -0.1) is 0 Å². The third-order valence-corrected chi connectivity index (χ3v) is 3.74. The zero-order valence-corrected chi connectivity index (χ0v) is 13.3. The second-order valence-corrected chi connectivity index (χ2v) is 5.90. The van der Waals surface area contributed by atoms with E-state index >= 15 is 0 Å². The summed E-state index contributed by atoms with van der Waals surface area (Å²) in [5.74, 6) is -0.225. The van der Waals surface area contributed by atoms with Crippen molar-refractivity contribution in [2.45, 2.75) is 13.0 Å². The van der Waals surface area contributed by atoms with Crippen molar-refractivity contribution in [3.63, 3.8) is 0 Å². The van der Waals surface area contributed by atoms with Crippen LogP contribution >= 0.6 is 11.6 Å². The van der Waals surface area contributed by atoms with Crippen LogP contribution < -0.4 is 5.32 Å². The number of hydrogen-bond donors (Lipinski definition) is 1. The van der Waals surface area contributed by atoms with Crippen LogP contribution in [-0.2, 0) is 4.79 Å². The monoisotopic (exact) mass is 309 g/mol. The third-order valence-electron chi connectivity index (χ3n) is 3.52. The fourth-order valence-electron chi connectivity index (χ4n) is 2.49. The minimum atomic E-state index is -0.472. The van der Waals surface area contributed by atoms with E-state index in [2.05, 4.69) is 5.32 Å². The van der Waals surface area contributed by atoms with Crippen molar-refractivity contribution in [2.75, 3.05) is 33.7 Å². The lowest BCUT2D eigenvalue weighted by Crippen LogP contribution is -2.59. The molecule has 1 aromatic carbocycles. The molecule has 0 spiro atoms. The predicted molar refractivity (Wildman–Crippen MR) is 82.6 cm³/mol. The van der Waals surface area contributed by atoms with Crippen molar-refractivity contribution in [1.29, 1.82) is 0 Å². The lowest BCUT2D eigenvalue weighted by atomic mass is 10.1. The standard InChI is InChI=1S/C15H20ClN3O2/c1-10-6-11(8-12(16)7-10)14(20)19-5-4-17-9-13(19)15(21)18(2)3/h6-8,13,17H,4-5,9H2,1-3H3. The second kappa shape index (κ2) is 6.45. The molecule has 21 heavy (non-hydrogen) atoms. The Balaban J connectivity index is 2.28. The number of rotatable bonds is 2. The van der Waals surface area contributed by atoms with Crippen LogP contribution in [0.5, 0.6) is 0 Å². The Labute approximate surface area is 129 Å². The first-order valence-corrected chi connectivity index (χ1v) is 7.28. The molecule has 0 bridgehead atoms. The van der Waals surface area contributed by atoms with Crippen LogP contribution in [0.15, 0.2) is 18.2 Å². The molecule has 0 saturated carbocycles. The molecular formula is C15H20ClN3O2. The highest BCUT2D eigenvalue weighted by molar-refractivity contribution is 6.31. The number of carbonyl (C=O) groups excluding carboxylic acids is 2. The summed E-state index contributed by atoms with van der Waals surface area (Å²) in [5.41, 5.74) is 1.45. The molecule has 1 unspecified atom stereocenters. The summed E-state index contributed by atoms with van der Waals surface area (Å²) in [4.78, 5) is 28.1. The Morgan fingerprint density at radius 3 is 2.67 bits per heavy atom. The summed E-state index contributed by atoms with van der Waals surface area (Å²) >= 11 is 6.02. The predicted octanol–water partition coefficient (Wildman–Crippen LogP) is 1.15. The second-order valence-electron chi connectivity index (χ2n) is 5.47. The van der Waals surface area contributed by atoms with E-state index in [1.807, 2.05) is 6.92 Å². The van der Waals surface area contributed by atoms with E-state index in [1.165, 1.54) is 4.90 Å². The molecule has 2 amide bonds. The van der Waals surface area contributed by atoms with Gasteiger partial charge < -0.3 is 15.1 Å². The van der Waals surface area contributed by atoms with Gasteiger partial charge in [0, 0.05) is 44.3 Å². The van der Waals surface area contributed by atoms with Crippen molar-refractivity contribution < 1.29 is 9.59 Å². The maximum absolute atomic E-state index is 12.7. The van der Waals surface area contributed by atoms with E-state index < -0.39 is 6.04 Å². The van der Waals surface area contributed by atoms with Gasteiger partial charge in [-0.25, -0.2) is 0 Å². The number of halogens is 1. The van der Waals surface area contributed by atoms with E-state index in [1.54, 1.807) is 37.2 Å². The van der Waals surface area contributed by atoms with Crippen molar-refractivity contribution in [1.82, 2.24) is 15.1 Å². The summed E-state index contributed by atoms with van der Waals surface area (Å²) < 4.78 is 0. The molecule has 1 heterocycles. The van der Waals surface area contributed by atoms with Gasteiger partial charge in [0.2, 0.25) is 5.91 Å². The number of nitrogens with zero attached hydrogens (tertiary/aromatic N) is 2. The van der Waals surface area contributed by atoms with Crippen molar-refractivity contribution in [3.05, 3.63) is 34.3 Å². The van der Waals surface area contributed by atoms with Gasteiger partial charge in [-0.2, -0.15) is 0 Å². The first kappa shape index (κ1) is 15.8. The number of amides is 2. The number of aryl methyl sites for hydroxylation is 1. The van der Waals surface area contributed by atoms with Crippen LogP contribution in [-0.4, -0.2) is 61.4 Å². The Bertz CT molecular complexity index is 540. The largest absolute Gasteiger partial charge is 0.347 e. The summed E-state index contributed by atoms with van der Waals surface area (Å²) in [6, 6.07) is 4.78. The minimum Gasteiger partial charge on any atom is -0.347 e. The van der Waals surface area contributed by atoms with E-state index in [4.69, 9.17) is 11.6 Å². The van der Waals surface area contributed by atoms with Crippen molar-refractivity contribution in [3.8, 4) is 0 Å². The lowest BCUT2D eigenvalue weighted by molar-refractivity contribution is -0.134. The molecular weight excluding hydrogens is 290 g/mol. The molecule has 1 aliphatic rings. The SMILES string of the molecule is Cc1cc(Cl)cc(C(=O)N2CCNCC2C(=O)N(C)C)c1. The van der Waals surface area contributed by atoms with E-state index in [9.17, 15) is 9.59 Å². The summed E-state index contributed by atoms with van der Waals surface area (Å²) in [6.07, 6.45) is 0. The molecule has 0 aliphatic carbocycles. The molecule has 114 valence electrons. The number of likely N-dealkylation sites (N-methyl/N-ethyl adjacent to an activating group) is 1. The molecule has 5 nitrogen and oxygen atoms in total. The average molecular weight is 310 g/mol. The van der Waals surface area contributed by atoms with Crippen LogP contribution in [0.25, 0.3) is 0 Å². The van der Waals surface area contributed by atoms with Gasteiger partial charge >= 0.3 is 0 Å². The summed E-state index contributed by atoms with van der Waals surface area (Å²) in [6.45, 7) is 3.56. The smallest absolute Gasteiger partial charge is 0.254 e. The molecule has 0 radical (unpaired) electrons. The van der Waals surface area contributed by atoms with Crippen LogP contribution in [0.3, 0.4) is 0 Å². The van der Waals surface area contributed by atoms with Gasteiger partial charge in [0.15, 0.2) is 0 Å². The van der Waals surface area contributed by atoms with Gasteiger partial charge in [-0.3, -0.25) is 9.59 Å². The molecule has 1 saturated heterocycles. The van der Waals surface area contributed by atoms with Crippen LogP contribution in [0, 0.1) is 6.92 Å². The highest BCUT2D eigenvalue weighted by Crippen LogP contribution is 2.18. The number of hydrogen-bond acceptors (Lipinski definition) is 3. The molecule has 1 aromatic rings. The third kappa shape index (κ3) is 3.54. The number of nitrogens with one attached hydrogen (secondary N) is 1. The highest BCUT2D eigenvalue weighted by Gasteiger charge is 2.33. The van der Waals surface area contributed by atoms with Crippen molar-refractivity contribution >= 4 is 23.4 Å². The first-order valence-electron chi connectivity index (χ1n) is 6.90. The first-order chi connectivity index (χ1) is 9.90. The van der Waals surface area contributed by atoms with E-state index in [0.717, 1.165) is 5.56 Å². The average Bonchev–Trinajstić information content (AvgIpc) is 2.44. The fourth-order valence-corrected chi connectivity index (χ4v) is 2.78. The van der Waals surface area contributed by atoms with Gasteiger partial charge in [-0.1, -0.05) is 11.6 Å². The quantitative estimate of drug-likeness (QED) is 0.891. The summed E-state index contributed by atoms with van der Waals surface area (Å²) in [7, 11) is 3.40. The Morgan fingerprint density at radius 1 is 1.33 bits per heavy atom. The molecule has 0 aromatic heterocycles. The molecule has 6 heteroatoms. The van der Waals surface area contributed by atoms with Gasteiger partial charge in [-0.05, 0) is 30.7 Å². The number of piperazine rings is 1. The highest BCUT2D eigenvalue weighted by atomic mass is 35.5. The Kier molecular flexibility index (Phi) is 4.85. The molecule has 2 rings (SSSR count). The van der Waals surface area contributed by atoms with Gasteiger partial charge in [0.05, 0.1) is 0 Å². The topological polar surface area (TPSA) is 52.7 Å². The Morgan fingerprint density at radius 2 is 2.05 bits per heavy atom. The maximum Gasteiger partial charge on any atom is 0.254 e. The minimum absolute atomic E-state index is 0.0747. The zero-order chi connectivity index (χ0) is 15.6. The van der Waals surface area contributed by atoms with Crippen LogP contribution in [0.2, 0.25) is 5.02 Å². The van der Waals surface area contributed by atoms with Crippen LogP contribution in [0.1, 0.15) is 15.9 Å². The lowest BCUT2D eigenvalue weighted by Gasteiger charge is -2.36. The molecule has 1 atom stereocenters. The summed E-state index contributed by atoms with van der Waals surface area (Å²) in [5, 5.41) is 3.69. The Hall–Kier alpha value is -1.59. The van der Waals surface area contributed by atoms with E-state index in [-0.39, 0.29) is 11.8 Å². The molecule has 1 fully saturated rings. The van der Waals surface area contributed by atoms with Crippen LogP contribution in [0.4, 0.5) is 0 Å². The normalized spacial score (nSPS) is 18.5. The van der Waals surface area contributed by atoms with Gasteiger partial charge in [0.1, 0.15) is 6.04 Å². The number of carbonyl (C=O) groups is 2. The maximum atomic E-state index is 12.7.